The quantitative estimate of drug-likeness (QED) is 0.885. The van der Waals surface area contributed by atoms with E-state index < -0.39 is 11.6 Å². The lowest BCUT2D eigenvalue weighted by molar-refractivity contribution is 0.265. The number of piperazine rings is 1. The van der Waals surface area contributed by atoms with Gasteiger partial charge in [-0.1, -0.05) is 18.2 Å². The third-order valence-electron chi connectivity index (χ3n) is 4.30. The Labute approximate surface area is 146 Å². The van der Waals surface area contributed by atoms with E-state index in [0.29, 0.717) is 5.75 Å². The van der Waals surface area contributed by atoms with Crippen LogP contribution in [0, 0.1) is 11.6 Å². The monoisotopic (exact) mass is 344 g/mol. The standard InChI is InChI=1S/C20H22F2N2O/c1-15(8-11-24-12-9-23-10-13-24)16-2-5-18(6-3-16)25-20-7-4-17(21)14-19(20)22/h2-8,14,23H,9-13H2,1H3. The lowest BCUT2D eigenvalue weighted by Crippen LogP contribution is -2.43. The highest BCUT2D eigenvalue weighted by atomic mass is 19.1. The van der Waals surface area contributed by atoms with Crippen LogP contribution in [-0.4, -0.2) is 37.6 Å². The molecule has 3 nitrogen and oxygen atoms in total. The largest absolute Gasteiger partial charge is 0.454 e. The summed E-state index contributed by atoms with van der Waals surface area (Å²) in [7, 11) is 0. The van der Waals surface area contributed by atoms with Crippen LogP contribution in [0.3, 0.4) is 0 Å². The van der Waals surface area contributed by atoms with E-state index in [-0.39, 0.29) is 5.75 Å². The highest BCUT2D eigenvalue weighted by molar-refractivity contribution is 5.64. The summed E-state index contributed by atoms with van der Waals surface area (Å²) in [6.07, 6.45) is 2.22. The maximum absolute atomic E-state index is 13.6. The van der Waals surface area contributed by atoms with Crippen molar-refractivity contribution >= 4 is 5.57 Å². The molecule has 0 atom stereocenters. The molecule has 25 heavy (non-hydrogen) atoms. The number of nitrogens with zero attached hydrogens (tertiary/aromatic N) is 1. The number of hydrogen-bond donors (Lipinski definition) is 1. The number of halogens is 2. The first-order valence-electron chi connectivity index (χ1n) is 8.45. The van der Waals surface area contributed by atoms with E-state index in [1.165, 1.54) is 17.7 Å². The Morgan fingerprint density at radius 1 is 1.12 bits per heavy atom. The van der Waals surface area contributed by atoms with E-state index in [1.54, 1.807) is 12.1 Å². The zero-order valence-corrected chi connectivity index (χ0v) is 14.3. The topological polar surface area (TPSA) is 24.5 Å². The van der Waals surface area contributed by atoms with E-state index in [4.69, 9.17) is 4.74 Å². The fraction of sp³-hybridized carbons (Fsp3) is 0.300. The molecular formula is C20H22F2N2O. The van der Waals surface area contributed by atoms with Crippen molar-refractivity contribution in [3.8, 4) is 11.5 Å². The number of nitrogens with one attached hydrogen (secondary N) is 1. The molecule has 1 aliphatic heterocycles. The van der Waals surface area contributed by atoms with Crippen molar-refractivity contribution in [1.29, 1.82) is 0 Å². The van der Waals surface area contributed by atoms with Crippen LogP contribution >= 0.6 is 0 Å². The summed E-state index contributed by atoms with van der Waals surface area (Å²) in [5.41, 5.74) is 2.29. The molecule has 0 unspecified atom stereocenters. The lowest BCUT2D eigenvalue weighted by Gasteiger charge is -2.26. The summed E-state index contributed by atoms with van der Waals surface area (Å²) in [6.45, 7) is 7.24. The molecule has 1 fully saturated rings. The predicted molar refractivity (Wildman–Crippen MR) is 95.8 cm³/mol. The van der Waals surface area contributed by atoms with Gasteiger partial charge in [-0.05, 0) is 42.3 Å². The van der Waals surface area contributed by atoms with Crippen LogP contribution in [0.15, 0.2) is 48.5 Å². The SMILES string of the molecule is CC(=CCN1CCNCC1)c1ccc(Oc2ccc(F)cc2F)cc1. The van der Waals surface area contributed by atoms with Crippen LogP contribution in [0.25, 0.3) is 5.57 Å². The summed E-state index contributed by atoms with van der Waals surface area (Å²) in [5, 5.41) is 3.34. The highest BCUT2D eigenvalue weighted by Crippen LogP contribution is 2.26. The van der Waals surface area contributed by atoms with Crippen LogP contribution in [0.1, 0.15) is 12.5 Å². The summed E-state index contributed by atoms with van der Waals surface area (Å²) in [6, 6.07) is 10.8. The maximum Gasteiger partial charge on any atom is 0.168 e. The third kappa shape index (κ3) is 4.87. The molecule has 1 N–H and O–H groups in total. The Balaban J connectivity index is 1.62. The molecule has 2 aromatic carbocycles. The predicted octanol–water partition coefficient (Wildman–Crippen LogP) is 4.07. The average molecular weight is 344 g/mol. The molecule has 3 rings (SSSR count). The van der Waals surface area contributed by atoms with E-state index in [0.717, 1.165) is 44.4 Å². The van der Waals surface area contributed by atoms with Gasteiger partial charge in [-0.3, -0.25) is 4.90 Å². The molecule has 0 bridgehead atoms. The van der Waals surface area contributed by atoms with E-state index >= 15 is 0 Å². The van der Waals surface area contributed by atoms with Crippen molar-refractivity contribution in [2.45, 2.75) is 6.92 Å². The molecule has 1 saturated heterocycles. The first-order valence-corrected chi connectivity index (χ1v) is 8.45. The molecule has 2 aromatic rings. The minimum Gasteiger partial charge on any atom is -0.454 e. The van der Waals surface area contributed by atoms with Gasteiger partial charge < -0.3 is 10.1 Å². The fourth-order valence-corrected chi connectivity index (χ4v) is 2.75. The van der Waals surface area contributed by atoms with Gasteiger partial charge >= 0.3 is 0 Å². The van der Waals surface area contributed by atoms with Gasteiger partial charge in [-0.25, -0.2) is 8.78 Å². The summed E-state index contributed by atoms with van der Waals surface area (Å²) in [5.74, 6) is -0.800. The van der Waals surface area contributed by atoms with Gasteiger partial charge in [0.05, 0.1) is 0 Å². The molecule has 0 aliphatic carbocycles. The normalized spacial score (nSPS) is 16.0. The Hall–Kier alpha value is -2.24. The van der Waals surface area contributed by atoms with Crippen molar-refractivity contribution in [2.75, 3.05) is 32.7 Å². The van der Waals surface area contributed by atoms with Crippen LogP contribution in [0.5, 0.6) is 11.5 Å². The van der Waals surface area contributed by atoms with Gasteiger partial charge in [0.15, 0.2) is 11.6 Å². The number of allylic oxidation sites excluding steroid dienone is 1. The minimum atomic E-state index is -0.712. The molecule has 1 aliphatic rings. The first-order chi connectivity index (χ1) is 12.1. The second-order valence-corrected chi connectivity index (χ2v) is 6.14. The Bertz CT molecular complexity index is 738. The number of rotatable bonds is 5. The zero-order valence-electron chi connectivity index (χ0n) is 14.3. The van der Waals surface area contributed by atoms with Gasteiger partial charge in [-0.2, -0.15) is 0 Å². The van der Waals surface area contributed by atoms with E-state index in [1.807, 2.05) is 12.1 Å². The number of ether oxygens (including phenoxy) is 1. The van der Waals surface area contributed by atoms with Crippen LogP contribution in [0.4, 0.5) is 8.78 Å². The minimum absolute atomic E-state index is 0.0140. The third-order valence-corrected chi connectivity index (χ3v) is 4.30. The molecule has 0 saturated carbocycles. The highest BCUT2D eigenvalue weighted by Gasteiger charge is 2.08. The molecule has 5 heteroatoms. The zero-order chi connectivity index (χ0) is 17.6. The molecular weight excluding hydrogens is 322 g/mol. The second kappa shape index (κ2) is 8.23. The maximum atomic E-state index is 13.6. The van der Waals surface area contributed by atoms with Crippen molar-refractivity contribution in [2.24, 2.45) is 0 Å². The number of benzene rings is 2. The second-order valence-electron chi connectivity index (χ2n) is 6.14. The van der Waals surface area contributed by atoms with Crippen LogP contribution < -0.4 is 10.1 Å². The van der Waals surface area contributed by atoms with E-state index in [9.17, 15) is 8.78 Å². The van der Waals surface area contributed by atoms with E-state index in [2.05, 4.69) is 23.2 Å². The first kappa shape index (κ1) is 17.6. The van der Waals surface area contributed by atoms with Gasteiger partial charge in [0.25, 0.3) is 0 Å². The van der Waals surface area contributed by atoms with Gasteiger partial charge in [0, 0.05) is 38.8 Å². The molecule has 0 aromatic heterocycles. The van der Waals surface area contributed by atoms with Gasteiger partial charge in [0.1, 0.15) is 11.6 Å². The van der Waals surface area contributed by atoms with Crippen molar-refractivity contribution < 1.29 is 13.5 Å². The fourth-order valence-electron chi connectivity index (χ4n) is 2.75. The van der Waals surface area contributed by atoms with Gasteiger partial charge in [-0.15, -0.1) is 0 Å². The average Bonchev–Trinajstić information content (AvgIpc) is 2.63. The number of hydrogen-bond acceptors (Lipinski definition) is 3. The van der Waals surface area contributed by atoms with Crippen LogP contribution in [-0.2, 0) is 0 Å². The summed E-state index contributed by atoms with van der Waals surface area (Å²) >= 11 is 0. The summed E-state index contributed by atoms with van der Waals surface area (Å²) < 4.78 is 32.0. The Morgan fingerprint density at radius 2 is 1.84 bits per heavy atom. The Morgan fingerprint density at radius 3 is 2.52 bits per heavy atom. The molecule has 1 heterocycles. The van der Waals surface area contributed by atoms with Gasteiger partial charge in [0.2, 0.25) is 0 Å². The Kier molecular flexibility index (Phi) is 5.79. The lowest BCUT2D eigenvalue weighted by atomic mass is 10.1. The molecule has 0 radical (unpaired) electrons. The van der Waals surface area contributed by atoms with Crippen molar-refractivity contribution in [3.63, 3.8) is 0 Å². The smallest absolute Gasteiger partial charge is 0.168 e. The van der Waals surface area contributed by atoms with Crippen LogP contribution in [0.2, 0.25) is 0 Å². The molecule has 0 amide bonds. The molecule has 0 spiro atoms. The van der Waals surface area contributed by atoms with Crippen molar-refractivity contribution in [3.05, 3.63) is 65.7 Å². The van der Waals surface area contributed by atoms with Crippen molar-refractivity contribution in [1.82, 2.24) is 10.2 Å². The summed E-state index contributed by atoms with van der Waals surface area (Å²) in [4.78, 5) is 2.41. The molecule has 132 valence electrons.